The van der Waals surface area contributed by atoms with Crippen LogP contribution in [0.3, 0.4) is 0 Å². The van der Waals surface area contributed by atoms with Gasteiger partial charge in [0, 0.05) is 12.8 Å². The Morgan fingerprint density at radius 1 is 1.53 bits per heavy atom. The van der Waals surface area contributed by atoms with Gasteiger partial charge in [0.2, 0.25) is 0 Å². The van der Waals surface area contributed by atoms with Gasteiger partial charge in [-0.05, 0) is 25.3 Å². The second-order valence-corrected chi connectivity index (χ2v) is 3.90. The summed E-state index contributed by atoms with van der Waals surface area (Å²) in [6.07, 6.45) is 2.71. The van der Waals surface area contributed by atoms with E-state index in [2.05, 4.69) is 0 Å². The van der Waals surface area contributed by atoms with Crippen molar-refractivity contribution in [3.63, 3.8) is 0 Å². The summed E-state index contributed by atoms with van der Waals surface area (Å²) in [5.41, 5.74) is 0. The largest absolute Gasteiger partial charge is 0.466 e. The first kappa shape index (κ1) is 10.2. The average Bonchev–Trinajstić information content (AvgIpc) is 2.75. The Kier molecular flexibility index (Phi) is 2.50. The first-order chi connectivity index (χ1) is 7.15. The van der Waals surface area contributed by atoms with E-state index >= 15 is 0 Å². The molecule has 2 aliphatic rings. The molecular formula is C11H14O4. The number of fused-ring (bicyclic) bond motifs is 1. The summed E-state index contributed by atoms with van der Waals surface area (Å²) < 4.78 is 9.99. The lowest BCUT2D eigenvalue weighted by Gasteiger charge is -2.05. The van der Waals surface area contributed by atoms with Crippen molar-refractivity contribution >= 4 is 11.9 Å². The zero-order valence-electron chi connectivity index (χ0n) is 8.86. The molecule has 0 heterocycles. The minimum Gasteiger partial charge on any atom is -0.466 e. The van der Waals surface area contributed by atoms with Crippen LogP contribution >= 0.6 is 0 Å². The number of ether oxygens (including phenoxy) is 2. The van der Waals surface area contributed by atoms with E-state index in [1.807, 2.05) is 6.08 Å². The van der Waals surface area contributed by atoms with Crippen LogP contribution in [0.5, 0.6) is 0 Å². The van der Waals surface area contributed by atoms with E-state index in [1.54, 1.807) is 6.92 Å². The van der Waals surface area contributed by atoms with Gasteiger partial charge < -0.3 is 9.47 Å². The highest BCUT2D eigenvalue weighted by atomic mass is 16.5. The molecule has 82 valence electrons. The summed E-state index contributed by atoms with van der Waals surface area (Å²) in [6.45, 7) is 3.57. The van der Waals surface area contributed by atoms with Crippen LogP contribution in [0.1, 0.15) is 20.3 Å². The summed E-state index contributed by atoms with van der Waals surface area (Å²) in [4.78, 5) is 22.2. The van der Waals surface area contributed by atoms with Gasteiger partial charge in [-0.1, -0.05) is 0 Å². The van der Waals surface area contributed by atoms with Gasteiger partial charge in [-0.15, -0.1) is 0 Å². The zero-order valence-corrected chi connectivity index (χ0v) is 8.86. The van der Waals surface area contributed by atoms with Crippen LogP contribution in [0.15, 0.2) is 11.8 Å². The predicted octanol–water partition coefficient (Wildman–Crippen LogP) is 1.26. The SMILES string of the molecule is CCOC(=O)C1C2CC=C(OC(C)=O)C21. The summed E-state index contributed by atoms with van der Waals surface area (Å²) in [7, 11) is 0. The third-order valence-corrected chi connectivity index (χ3v) is 2.91. The van der Waals surface area contributed by atoms with Gasteiger partial charge in [0.1, 0.15) is 5.76 Å². The lowest BCUT2D eigenvalue weighted by molar-refractivity contribution is -0.146. The first-order valence-corrected chi connectivity index (χ1v) is 5.20. The second-order valence-electron chi connectivity index (χ2n) is 3.90. The molecule has 0 radical (unpaired) electrons. The zero-order chi connectivity index (χ0) is 11.0. The van der Waals surface area contributed by atoms with Crippen molar-refractivity contribution < 1.29 is 19.1 Å². The van der Waals surface area contributed by atoms with Gasteiger partial charge in [0.25, 0.3) is 0 Å². The van der Waals surface area contributed by atoms with Gasteiger partial charge in [0.05, 0.1) is 12.5 Å². The highest BCUT2D eigenvalue weighted by Crippen LogP contribution is 2.58. The second kappa shape index (κ2) is 3.68. The van der Waals surface area contributed by atoms with Gasteiger partial charge >= 0.3 is 11.9 Å². The molecule has 1 saturated carbocycles. The molecule has 3 unspecified atom stereocenters. The molecule has 4 nitrogen and oxygen atoms in total. The molecule has 0 aromatic rings. The standard InChI is InChI=1S/C11H14O4/c1-3-14-11(13)10-7-4-5-8(9(7)10)15-6(2)12/h5,7,9-10H,3-4H2,1-2H3. The number of rotatable bonds is 3. The van der Waals surface area contributed by atoms with E-state index in [0.717, 1.165) is 6.42 Å². The van der Waals surface area contributed by atoms with Crippen molar-refractivity contribution in [2.45, 2.75) is 20.3 Å². The Balaban J connectivity index is 1.94. The number of allylic oxidation sites excluding steroid dienone is 2. The molecule has 0 N–H and O–H groups in total. The predicted molar refractivity (Wildman–Crippen MR) is 51.6 cm³/mol. The van der Waals surface area contributed by atoms with Crippen LogP contribution in [0.25, 0.3) is 0 Å². The molecule has 0 spiro atoms. The monoisotopic (exact) mass is 210 g/mol. The lowest BCUT2D eigenvalue weighted by Crippen LogP contribution is -2.11. The Bertz CT molecular complexity index is 331. The minimum atomic E-state index is -0.323. The third kappa shape index (κ3) is 1.76. The van der Waals surface area contributed by atoms with Crippen LogP contribution in [0, 0.1) is 17.8 Å². The number of carbonyl (C=O) groups excluding carboxylic acids is 2. The molecule has 2 rings (SSSR count). The molecular weight excluding hydrogens is 196 g/mol. The molecule has 0 bridgehead atoms. The van der Waals surface area contributed by atoms with Gasteiger partial charge in [-0.25, -0.2) is 0 Å². The Morgan fingerprint density at radius 2 is 2.27 bits per heavy atom. The summed E-state index contributed by atoms with van der Waals surface area (Å²) >= 11 is 0. The molecule has 4 heteroatoms. The van der Waals surface area contributed by atoms with Gasteiger partial charge in [0.15, 0.2) is 0 Å². The number of carbonyl (C=O) groups is 2. The number of hydrogen-bond donors (Lipinski definition) is 0. The van der Waals surface area contributed by atoms with Crippen molar-refractivity contribution in [3.05, 3.63) is 11.8 Å². The quantitative estimate of drug-likeness (QED) is 0.658. The third-order valence-electron chi connectivity index (χ3n) is 2.91. The molecule has 2 aliphatic carbocycles. The van der Waals surface area contributed by atoms with Gasteiger partial charge in [-0.3, -0.25) is 9.59 Å². The van der Waals surface area contributed by atoms with Crippen LogP contribution in [-0.2, 0) is 19.1 Å². The summed E-state index contributed by atoms with van der Waals surface area (Å²) in [5, 5.41) is 0. The van der Waals surface area contributed by atoms with E-state index in [9.17, 15) is 9.59 Å². The molecule has 0 aromatic carbocycles. The van der Waals surface area contributed by atoms with E-state index in [1.165, 1.54) is 6.92 Å². The minimum absolute atomic E-state index is 0.0794. The van der Waals surface area contributed by atoms with Crippen LogP contribution < -0.4 is 0 Å². The van der Waals surface area contributed by atoms with Crippen LogP contribution in [0.2, 0.25) is 0 Å². The Morgan fingerprint density at radius 3 is 2.87 bits per heavy atom. The molecule has 15 heavy (non-hydrogen) atoms. The fourth-order valence-electron chi connectivity index (χ4n) is 2.28. The molecule has 0 aromatic heterocycles. The van der Waals surface area contributed by atoms with Crippen molar-refractivity contribution in [2.24, 2.45) is 17.8 Å². The smallest absolute Gasteiger partial charge is 0.309 e. The fourth-order valence-corrected chi connectivity index (χ4v) is 2.28. The van der Waals surface area contributed by atoms with Gasteiger partial charge in [-0.2, -0.15) is 0 Å². The number of esters is 2. The summed E-state index contributed by atoms with van der Waals surface area (Å²) in [6, 6.07) is 0. The topological polar surface area (TPSA) is 52.6 Å². The van der Waals surface area contributed by atoms with Crippen molar-refractivity contribution in [3.8, 4) is 0 Å². The van der Waals surface area contributed by atoms with E-state index in [-0.39, 0.29) is 23.8 Å². The van der Waals surface area contributed by atoms with Crippen LogP contribution in [-0.4, -0.2) is 18.5 Å². The maximum absolute atomic E-state index is 11.5. The van der Waals surface area contributed by atoms with Crippen molar-refractivity contribution in [1.29, 1.82) is 0 Å². The van der Waals surface area contributed by atoms with E-state index in [4.69, 9.17) is 9.47 Å². The lowest BCUT2D eigenvalue weighted by atomic mass is 10.2. The molecule has 0 amide bonds. The molecule has 3 atom stereocenters. The maximum atomic E-state index is 11.5. The summed E-state index contributed by atoms with van der Waals surface area (Å²) in [5.74, 6) is 0.489. The molecule has 0 aliphatic heterocycles. The van der Waals surface area contributed by atoms with Crippen LogP contribution in [0.4, 0.5) is 0 Å². The Labute approximate surface area is 88.2 Å². The molecule has 0 saturated heterocycles. The number of hydrogen-bond acceptors (Lipinski definition) is 4. The highest BCUT2D eigenvalue weighted by molar-refractivity contribution is 5.78. The Hall–Kier alpha value is -1.32. The fraction of sp³-hybridized carbons (Fsp3) is 0.636. The highest BCUT2D eigenvalue weighted by Gasteiger charge is 2.60. The first-order valence-electron chi connectivity index (χ1n) is 5.20. The van der Waals surface area contributed by atoms with E-state index in [0.29, 0.717) is 18.3 Å². The molecule has 1 fully saturated rings. The van der Waals surface area contributed by atoms with Crippen molar-refractivity contribution in [1.82, 2.24) is 0 Å². The van der Waals surface area contributed by atoms with E-state index < -0.39 is 0 Å². The van der Waals surface area contributed by atoms with Crippen molar-refractivity contribution in [2.75, 3.05) is 6.61 Å². The maximum Gasteiger partial charge on any atom is 0.309 e. The average molecular weight is 210 g/mol. The normalized spacial score (nSPS) is 31.6.